The van der Waals surface area contributed by atoms with Crippen molar-refractivity contribution >= 4 is 21.6 Å². The zero-order chi connectivity index (χ0) is 23.4. The number of amides is 1. The Labute approximate surface area is 189 Å². The average molecular weight is 466 g/mol. The summed E-state index contributed by atoms with van der Waals surface area (Å²) in [5.41, 5.74) is 1.29. The first kappa shape index (κ1) is 22.2. The maximum absolute atomic E-state index is 14.2. The molecule has 0 radical (unpaired) electrons. The Balaban J connectivity index is 1.52. The molecule has 2 N–H and O–H groups in total. The molecule has 0 atom stereocenters. The number of carbonyl (C=O) groups excluding carboxylic acids is 1. The third-order valence-corrected chi connectivity index (χ3v) is 6.17. The van der Waals surface area contributed by atoms with E-state index in [0.717, 1.165) is 5.56 Å². The quantitative estimate of drug-likeness (QED) is 0.432. The molecule has 0 aliphatic heterocycles. The lowest BCUT2D eigenvalue weighted by molar-refractivity contribution is 0.102. The number of hydrogen-bond donors (Lipinski definition) is 2. The molecule has 0 unspecified atom stereocenters. The van der Waals surface area contributed by atoms with Gasteiger partial charge < -0.3 is 5.32 Å². The zero-order valence-corrected chi connectivity index (χ0v) is 18.3. The second-order valence-corrected chi connectivity index (χ2v) is 8.86. The third-order valence-electron chi connectivity index (χ3n) is 4.77. The van der Waals surface area contributed by atoms with Crippen LogP contribution in [0.25, 0.3) is 5.69 Å². The van der Waals surface area contributed by atoms with Crippen LogP contribution >= 0.6 is 0 Å². The fourth-order valence-electron chi connectivity index (χ4n) is 3.07. The van der Waals surface area contributed by atoms with Gasteiger partial charge in [-0.1, -0.05) is 36.4 Å². The number of carbonyl (C=O) groups is 1. The Morgan fingerprint density at radius 3 is 2.55 bits per heavy atom. The van der Waals surface area contributed by atoms with Gasteiger partial charge in [0.2, 0.25) is 10.0 Å². The van der Waals surface area contributed by atoms with Crippen LogP contribution in [-0.4, -0.2) is 34.5 Å². The van der Waals surface area contributed by atoms with Gasteiger partial charge in [0.1, 0.15) is 11.5 Å². The Bertz CT molecular complexity index is 1410. The smallest absolute Gasteiger partial charge is 0.255 e. The molecule has 0 saturated heterocycles. The van der Waals surface area contributed by atoms with Crippen molar-refractivity contribution in [3.63, 3.8) is 0 Å². The lowest BCUT2D eigenvalue weighted by Crippen LogP contribution is -2.23. The minimum atomic E-state index is -3.84. The summed E-state index contributed by atoms with van der Waals surface area (Å²) in [5, 5.41) is 13.6. The van der Waals surface area contributed by atoms with Crippen LogP contribution in [0.4, 0.5) is 10.1 Å². The lowest BCUT2D eigenvalue weighted by atomic mass is 10.2. The summed E-state index contributed by atoms with van der Waals surface area (Å²) in [6.07, 6.45) is 0. The molecule has 0 aliphatic carbocycles. The van der Waals surface area contributed by atoms with E-state index in [0.29, 0.717) is 11.5 Å². The number of aryl methyl sites for hydroxylation is 1. The Morgan fingerprint density at radius 1 is 1.03 bits per heavy atom. The predicted molar refractivity (Wildman–Crippen MR) is 119 cm³/mol. The highest BCUT2D eigenvalue weighted by Crippen LogP contribution is 2.20. The van der Waals surface area contributed by atoms with E-state index in [4.69, 9.17) is 0 Å². The Kier molecular flexibility index (Phi) is 6.24. The van der Waals surface area contributed by atoms with Crippen molar-refractivity contribution in [3.8, 4) is 5.69 Å². The topological polar surface area (TPSA) is 119 Å². The van der Waals surface area contributed by atoms with E-state index in [1.165, 1.54) is 47.1 Å². The fourth-order valence-corrected chi connectivity index (χ4v) is 4.14. The van der Waals surface area contributed by atoms with Gasteiger partial charge >= 0.3 is 0 Å². The number of nitrogens with one attached hydrogen (secondary N) is 2. The van der Waals surface area contributed by atoms with E-state index < -0.39 is 21.7 Å². The van der Waals surface area contributed by atoms with Crippen LogP contribution in [0.3, 0.4) is 0 Å². The largest absolute Gasteiger partial charge is 0.322 e. The molecule has 11 heteroatoms. The number of tetrazole rings is 1. The zero-order valence-electron chi connectivity index (χ0n) is 17.4. The number of rotatable bonds is 7. The highest BCUT2D eigenvalue weighted by atomic mass is 32.2. The molecule has 0 fully saturated rings. The molecule has 168 valence electrons. The minimum Gasteiger partial charge on any atom is -0.322 e. The number of hydrogen-bond acceptors (Lipinski definition) is 6. The molecule has 1 aromatic heterocycles. The van der Waals surface area contributed by atoms with Crippen molar-refractivity contribution in [2.75, 3.05) is 5.32 Å². The highest BCUT2D eigenvalue weighted by molar-refractivity contribution is 7.89. The van der Waals surface area contributed by atoms with Crippen molar-refractivity contribution in [1.29, 1.82) is 0 Å². The summed E-state index contributed by atoms with van der Waals surface area (Å²) in [6.45, 7) is 1.73. The first-order valence-electron chi connectivity index (χ1n) is 9.83. The molecule has 0 aliphatic rings. The number of nitrogens with zero attached hydrogens (tertiary/aromatic N) is 4. The maximum Gasteiger partial charge on any atom is 0.255 e. The van der Waals surface area contributed by atoms with Crippen LogP contribution in [0.1, 0.15) is 21.7 Å². The van der Waals surface area contributed by atoms with Gasteiger partial charge in [0.25, 0.3) is 5.91 Å². The van der Waals surface area contributed by atoms with E-state index in [-0.39, 0.29) is 22.7 Å². The van der Waals surface area contributed by atoms with E-state index in [1.807, 2.05) is 18.2 Å². The molecule has 4 rings (SSSR count). The predicted octanol–water partition coefficient (Wildman–Crippen LogP) is 2.84. The van der Waals surface area contributed by atoms with E-state index >= 15 is 0 Å². The second kappa shape index (κ2) is 9.27. The van der Waals surface area contributed by atoms with Crippen LogP contribution in [-0.2, 0) is 16.6 Å². The fraction of sp³-hybridized carbons (Fsp3) is 0.0909. The molecule has 3 aromatic carbocycles. The molecule has 0 spiro atoms. The first-order chi connectivity index (χ1) is 15.8. The van der Waals surface area contributed by atoms with Crippen LogP contribution < -0.4 is 10.0 Å². The van der Waals surface area contributed by atoms with Crippen LogP contribution in [0.15, 0.2) is 77.7 Å². The molecule has 0 bridgehead atoms. The standard InChI is InChI=1S/C22H19FN6O3S/c1-15-26-27-28-29(15)21-13-18(10-11-20(21)23)25-22(30)17-8-5-9-19(12-17)33(31,32)24-14-16-6-3-2-4-7-16/h2-13,24H,14H2,1H3,(H,25,30). The van der Waals surface area contributed by atoms with Crippen molar-refractivity contribution in [2.24, 2.45) is 0 Å². The van der Waals surface area contributed by atoms with E-state index in [1.54, 1.807) is 19.1 Å². The number of halogens is 1. The van der Waals surface area contributed by atoms with Crippen molar-refractivity contribution in [2.45, 2.75) is 18.4 Å². The van der Waals surface area contributed by atoms with Crippen molar-refractivity contribution in [3.05, 3.63) is 95.6 Å². The van der Waals surface area contributed by atoms with Gasteiger partial charge in [-0.3, -0.25) is 4.79 Å². The molecule has 1 amide bonds. The Hall–Kier alpha value is -3.96. The summed E-state index contributed by atoms with van der Waals surface area (Å²) < 4.78 is 43.3. The molecule has 0 saturated carbocycles. The maximum atomic E-state index is 14.2. The first-order valence-corrected chi connectivity index (χ1v) is 11.3. The molecule has 33 heavy (non-hydrogen) atoms. The van der Waals surface area contributed by atoms with E-state index in [2.05, 4.69) is 25.6 Å². The second-order valence-electron chi connectivity index (χ2n) is 7.10. The average Bonchev–Trinajstić information content (AvgIpc) is 3.25. The van der Waals surface area contributed by atoms with Gasteiger partial charge in [0, 0.05) is 17.8 Å². The number of sulfonamides is 1. The van der Waals surface area contributed by atoms with Crippen LogP contribution in [0, 0.1) is 12.7 Å². The van der Waals surface area contributed by atoms with Gasteiger partial charge in [0.05, 0.1) is 4.90 Å². The van der Waals surface area contributed by atoms with Gasteiger partial charge in [0.15, 0.2) is 5.82 Å². The molecular formula is C22H19FN6O3S. The number of anilines is 1. The normalized spacial score (nSPS) is 11.3. The van der Waals surface area contributed by atoms with Gasteiger partial charge in [-0.25, -0.2) is 17.5 Å². The van der Waals surface area contributed by atoms with Crippen molar-refractivity contribution in [1.82, 2.24) is 24.9 Å². The monoisotopic (exact) mass is 466 g/mol. The van der Waals surface area contributed by atoms with Crippen LogP contribution in [0.5, 0.6) is 0 Å². The SMILES string of the molecule is Cc1nnnn1-c1cc(NC(=O)c2cccc(S(=O)(=O)NCc3ccccc3)c2)ccc1F. The lowest BCUT2D eigenvalue weighted by Gasteiger charge is -2.11. The van der Waals surface area contributed by atoms with Gasteiger partial charge in [-0.05, 0) is 59.3 Å². The molecule has 4 aromatic rings. The van der Waals surface area contributed by atoms with Gasteiger partial charge in [-0.2, -0.15) is 4.68 Å². The summed E-state index contributed by atoms with van der Waals surface area (Å²) >= 11 is 0. The molecular weight excluding hydrogens is 447 g/mol. The number of aromatic nitrogens is 4. The molecule has 1 heterocycles. The van der Waals surface area contributed by atoms with Gasteiger partial charge in [-0.15, -0.1) is 5.10 Å². The van der Waals surface area contributed by atoms with Crippen molar-refractivity contribution < 1.29 is 17.6 Å². The summed E-state index contributed by atoms with van der Waals surface area (Å²) in [4.78, 5) is 12.7. The summed E-state index contributed by atoms with van der Waals surface area (Å²) in [5.74, 6) is -0.750. The molecule has 9 nitrogen and oxygen atoms in total. The number of benzene rings is 3. The van der Waals surface area contributed by atoms with Crippen LogP contribution in [0.2, 0.25) is 0 Å². The summed E-state index contributed by atoms with van der Waals surface area (Å²) in [7, 11) is -3.84. The third kappa shape index (κ3) is 5.10. The Morgan fingerprint density at radius 2 is 1.82 bits per heavy atom. The van der Waals surface area contributed by atoms with E-state index in [9.17, 15) is 17.6 Å². The summed E-state index contributed by atoms with van der Waals surface area (Å²) in [6, 6.07) is 18.7. The highest BCUT2D eigenvalue weighted by Gasteiger charge is 2.17. The minimum absolute atomic E-state index is 0.0461.